The number of benzene rings is 1. The van der Waals surface area contributed by atoms with Crippen molar-refractivity contribution < 1.29 is 19.4 Å². The minimum Gasteiger partial charge on any atom is -0.463 e. The summed E-state index contributed by atoms with van der Waals surface area (Å²) >= 11 is 3.51. The van der Waals surface area contributed by atoms with Crippen molar-refractivity contribution in [1.29, 1.82) is 0 Å². The SMILES string of the molecule is COC(C)c1ncc(C2(O)CCNCC2)cc1Br.O=COCc1ccccc1. The largest absolute Gasteiger partial charge is 0.463 e. The number of ether oxygens (including phenoxy) is 2. The first-order valence-corrected chi connectivity index (χ1v) is 10.0. The Kier molecular flexibility index (Phi) is 9.05. The standard InChI is InChI=1S/C13H19BrN2O2.C8H8O2/c1-9(18-2)12-11(14)7-10(8-16-12)13(17)3-5-15-6-4-13;9-7-10-6-8-4-2-1-3-5-8/h7-9,15,17H,3-6H2,1-2H3;1-5,7H,6H2. The zero-order chi connectivity index (χ0) is 20.4. The average Bonchev–Trinajstić information content (AvgIpc) is 2.73. The van der Waals surface area contributed by atoms with Crippen LogP contribution in [0.25, 0.3) is 0 Å². The first-order chi connectivity index (χ1) is 13.5. The predicted molar refractivity (Wildman–Crippen MR) is 111 cm³/mol. The Morgan fingerprint density at radius 1 is 1.32 bits per heavy atom. The summed E-state index contributed by atoms with van der Waals surface area (Å²) < 4.78 is 10.7. The van der Waals surface area contributed by atoms with Gasteiger partial charge < -0.3 is 19.9 Å². The second-order valence-electron chi connectivity index (χ2n) is 6.64. The van der Waals surface area contributed by atoms with Gasteiger partial charge in [0.2, 0.25) is 0 Å². The molecule has 0 aliphatic carbocycles. The molecule has 7 heteroatoms. The van der Waals surface area contributed by atoms with Crippen molar-refractivity contribution >= 4 is 22.4 Å². The molecule has 3 rings (SSSR count). The van der Waals surface area contributed by atoms with E-state index in [1.807, 2.05) is 43.3 Å². The van der Waals surface area contributed by atoms with Crippen LogP contribution in [0.5, 0.6) is 0 Å². The van der Waals surface area contributed by atoms with E-state index in [0.717, 1.165) is 47.2 Å². The van der Waals surface area contributed by atoms with Crippen molar-refractivity contribution in [3.63, 3.8) is 0 Å². The van der Waals surface area contributed by atoms with E-state index < -0.39 is 5.60 Å². The lowest BCUT2D eigenvalue weighted by atomic mass is 9.86. The number of carbonyl (C=O) groups is 1. The number of pyridine rings is 1. The normalized spacial score (nSPS) is 16.4. The molecule has 1 aliphatic heterocycles. The monoisotopic (exact) mass is 450 g/mol. The van der Waals surface area contributed by atoms with E-state index in [1.165, 1.54) is 0 Å². The summed E-state index contributed by atoms with van der Waals surface area (Å²) in [6.07, 6.45) is 3.15. The number of hydrogen-bond donors (Lipinski definition) is 2. The molecule has 2 heterocycles. The van der Waals surface area contributed by atoms with Gasteiger partial charge in [-0.05, 0) is 60.4 Å². The van der Waals surface area contributed by atoms with Crippen LogP contribution in [-0.2, 0) is 26.5 Å². The summed E-state index contributed by atoms with van der Waals surface area (Å²) in [6, 6.07) is 11.5. The number of nitrogens with zero attached hydrogens (tertiary/aromatic N) is 1. The second-order valence-corrected chi connectivity index (χ2v) is 7.50. The van der Waals surface area contributed by atoms with E-state index in [1.54, 1.807) is 13.3 Å². The minimum absolute atomic E-state index is 0.0592. The highest BCUT2D eigenvalue weighted by Gasteiger charge is 2.32. The topological polar surface area (TPSA) is 80.7 Å². The molecule has 1 saturated heterocycles. The Morgan fingerprint density at radius 2 is 2.00 bits per heavy atom. The Morgan fingerprint density at radius 3 is 2.57 bits per heavy atom. The number of carbonyl (C=O) groups excluding carboxylic acids is 1. The molecule has 152 valence electrons. The molecule has 0 spiro atoms. The maximum atomic E-state index is 10.6. The molecule has 0 radical (unpaired) electrons. The molecule has 28 heavy (non-hydrogen) atoms. The van der Waals surface area contributed by atoms with Crippen molar-refractivity contribution in [2.75, 3.05) is 20.2 Å². The van der Waals surface area contributed by atoms with Gasteiger partial charge in [-0.25, -0.2) is 0 Å². The Hall–Kier alpha value is -1.80. The predicted octanol–water partition coefficient (Wildman–Crippen LogP) is 3.48. The summed E-state index contributed by atoms with van der Waals surface area (Å²) in [4.78, 5) is 14.2. The van der Waals surface area contributed by atoms with Gasteiger partial charge in [-0.15, -0.1) is 0 Å². The van der Waals surface area contributed by atoms with Crippen LogP contribution >= 0.6 is 15.9 Å². The smallest absolute Gasteiger partial charge is 0.293 e. The molecule has 2 aromatic rings. The summed E-state index contributed by atoms with van der Waals surface area (Å²) in [5.41, 5.74) is 1.99. The number of piperidine rings is 1. The van der Waals surface area contributed by atoms with Crippen molar-refractivity contribution in [2.45, 2.75) is 38.1 Å². The van der Waals surface area contributed by atoms with Crippen molar-refractivity contribution in [3.8, 4) is 0 Å². The van der Waals surface area contributed by atoms with Gasteiger partial charge in [0.15, 0.2) is 0 Å². The molecule has 0 saturated carbocycles. The molecule has 2 N–H and O–H groups in total. The molecule has 6 nitrogen and oxygen atoms in total. The molecule has 0 amide bonds. The zero-order valence-electron chi connectivity index (χ0n) is 16.2. The number of rotatable bonds is 6. The second kappa shape index (κ2) is 11.3. The van der Waals surface area contributed by atoms with Gasteiger partial charge in [-0.3, -0.25) is 9.78 Å². The summed E-state index contributed by atoms with van der Waals surface area (Å²) in [6.45, 7) is 4.44. The maximum absolute atomic E-state index is 10.6. The van der Waals surface area contributed by atoms with Crippen LogP contribution in [0.4, 0.5) is 0 Å². The lowest BCUT2D eigenvalue weighted by Crippen LogP contribution is -2.39. The van der Waals surface area contributed by atoms with Crippen LogP contribution < -0.4 is 5.32 Å². The van der Waals surface area contributed by atoms with E-state index >= 15 is 0 Å². The fourth-order valence-corrected chi connectivity index (χ4v) is 3.62. The Labute approximate surface area is 174 Å². The molecular weight excluding hydrogens is 424 g/mol. The number of nitrogens with one attached hydrogen (secondary N) is 1. The minimum atomic E-state index is -0.754. The van der Waals surface area contributed by atoms with Crippen LogP contribution in [0.2, 0.25) is 0 Å². The van der Waals surface area contributed by atoms with E-state index in [2.05, 4.69) is 31.0 Å². The Balaban J connectivity index is 0.000000237. The van der Waals surface area contributed by atoms with Gasteiger partial charge in [0, 0.05) is 23.3 Å². The van der Waals surface area contributed by atoms with Gasteiger partial charge in [0.05, 0.1) is 17.4 Å². The van der Waals surface area contributed by atoms with Crippen molar-refractivity contribution in [1.82, 2.24) is 10.3 Å². The summed E-state index contributed by atoms with van der Waals surface area (Å²) in [5, 5.41) is 13.9. The molecule has 1 atom stereocenters. The van der Waals surface area contributed by atoms with Gasteiger partial charge in [-0.1, -0.05) is 30.3 Å². The van der Waals surface area contributed by atoms with Crippen LogP contribution in [0.3, 0.4) is 0 Å². The van der Waals surface area contributed by atoms with Crippen LogP contribution in [0.15, 0.2) is 47.1 Å². The van der Waals surface area contributed by atoms with E-state index in [4.69, 9.17) is 4.74 Å². The fourth-order valence-electron chi connectivity index (χ4n) is 2.95. The lowest BCUT2D eigenvalue weighted by molar-refractivity contribution is -0.129. The molecule has 1 fully saturated rings. The lowest BCUT2D eigenvalue weighted by Gasteiger charge is -2.33. The molecular formula is C21H27BrN2O4. The first-order valence-electron chi connectivity index (χ1n) is 9.21. The first kappa shape index (κ1) is 22.5. The number of halogens is 1. The molecule has 1 unspecified atom stereocenters. The third-order valence-corrected chi connectivity index (χ3v) is 5.37. The zero-order valence-corrected chi connectivity index (χ0v) is 17.8. The molecule has 1 aromatic carbocycles. The average molecular weight is 451 g/mol. The van der Waals surface area contributed by atoms with Crippen LogP contribution in [0.1, 0.15) is 42.7 Å². The number of aliphatic hydroxyl groups is 1. The van der Waals surface area contributed by atoms with Crippen molar-refractivity contribution in [2.24, 2.45) is 0 Å². The third kappa shape index (κ3) is 6.38. The summed E-state index contributed by atoms with van der Waals surface area (Å²) in [5.74, 6) is 0. The van der Waals surface area contributed by atoms with E-state index in [-0.39, 0.29) is 6.10 Å². The quantitative estimate of drug-likeness (QED) is 0.655. The summed E-state index contributed by atoms with van der Waals surface area (Å²) in [7, 11) is 1.66. The number of methoxy groups -OCH3 is 1. The van der Waals surface area contributed by atoms with Gasteiger partial charge in [0.1, 0.15) is 6.61 Å². The van der Waals surface area contributed by atoms with E-state index in [9.17, 15) is 9.90 Å². The fraction of sp³-hybridized carbons (Fsp3) is 0.429. The van der Waals surface area contributed by atoms with E-state index in [0.29, 0.717) is 13.1 Å². The van der Waals surface area contributed by atoms with Gasteiger partial charge >= 0.3 is 0 Å². The molecule has 1 aliphatic rings. The Bertz CT molecular complexity index is 736. The highest BCUT2D eigenvalue weighted by Crippen LogP contribution is 2.33. The third-order valence-electron chi connectivity index (χ3n) is 4.74. The highest BCUT2D eigenvalue weighted by molar-refractivity contribution is 9.10. The number of aromatic nitrogens is 1. The van der Waals surface area contributed by atoms with Crippen LogP contribution in [-0.4, -0.2) is 36.8 Å². The molecule has 0 bridgehead atoms. The van der Waals surface area contributed by atoms with Gasteiger partial charge in [-0.2, -0.15) is 0 Å². The highest BCUT2D eigenvalue weighted by atomic mass is 79.9. The maximum Gasteiger partial charge on any atom is 0.293 e. The molecule has 1 aromatic heterocycles. The number of hydrogen-bond acceptors (Lipinski definition) is 6. The van der Waals surface area contributed by atoms with Crippen LogP contribution in [0, 0.1) is 0 Å². The van der Waals surface area contributed by atoms with Crippen molar-refractivity contribution in [3.05, 3.63) is 63.9 Å². The van der Waals surface area contributed by atoms with Gasteiger partial charge in [0.25, 0.3) is 6.47 Å².